The van der Waals surface area contributed by atoms with Gasteiger partial charge in [-0.15, -0.1) is 0 Å². The minimum Gasteiger partial charge on any atom is -0.460 e. The molecule has 0 saturated heterocycles. The van der Waals surface area contributed by atoms with Gasteiger partial charge in [-0.3, -0.25) is 0 Å². The Labute approximate surface area is 112 Å². The monoisotopic (exact) mass is 262 g/mol. The van der Waals surface area contributed by atoms with Crippen LogP contribution in [0.25, 0.3) is 5.52 Å². The van der Waals surface area contributed by atoms with Crippen molar-refractivity contribution in [2.75, 3.05) is 19.8 Å². The normalized spacial score (nSPS) is 10.8. The summed E-state index contributed by atoms with van der Waals surface area (Å²) in [5.41, 5.74) is 1.23. The number of nitrogens with zero attached hydrogens (tertiary/aromatic N) is 2. The smallest absolute Gasteiger partial charge is 0.342 e. The summed E-state index contributed by atoms with van der Waals surface area (Å²) in [4.78, 5) is 11.9. The molecule has 2 aromatic heterocycles. The van der Waals surface area contributed by atoms with Gasteiger partial charge in [-0.25, -0.2) is 9.31 Å². The van der Waals surface area contributed by atoms with Gasteiger partial charge in [-0.1, -0.05) is 19.4 Å². The van der Waals surface area contributed by atoms with Gasteiger partial charge in [0.2, 0.25) is 0 Å². The number of esters is 1. The van der Waals surface area contributed by atoms with Crippen LogP contribution in [0.2, 0.25) is 0 Å². The Kier molecular flexibility index (Phi) is 4.92. The maximum absolute atomic E-state index is 11.9. The Morgan fingerprint density at radius 3 is 3.05 bits per heavy atom. The molecule has 2 heterocycles. The quantitative estimate of drug-likeness (QED) is 0.567. The molecule has 19 heavy (non-hydrogen) atoms. The first-order valence-electron chi connectivity index (χ1n) is 6.50. The Bertz CT molecular complexity index is 536. The van der Waals surface area contributed by atoms with Crippen molar-refractivity contribution in [1.29, 1.82) is 0 Å². The molecule has 0 spiro atoms. The highest BCUT2D eigenvalue weighted by Gasteiger charge is 2.13. The summed E-state index contributed by atoms with van der Waals surface area (Å²) in [5, 5.41) is 4.09. The van der Waals surface area contributed by atoms with E-state index in [1.54, 1.807) is 10.7 Å². The number of fused-ring (bicyclic) bond motifs is 1. The second kappa shape index (κ2) is 6.89. The second-order valence-electron chi connectivity index (χ2n) is 4.19. The van der Waals surface area contributed by atoms with Gasteiger partial charge in [-0.2, -0.15) is 5.10 Å². The Hall–Kier alpha value is -1.88. The van der Waals surface area contributed by atoms with Crippen molar-refractivity contribution < 1.29 is 14.3 Å². The molecule has 2 rings (SSSR count). The topological polar surface area (TPSA) is 52.8 Å². The van der Waals surface area contributed by atoms with Gasteiger partial charge in [0.05, 0.1) is 18.3 Å². The lowest BCUT2D eigenvalue weighted by Gasteiger charge is -2.04. The minimum absolute atomic E-state index is 0.271. The lowest BCUT2D eigenvalue weighted by atomic mass is 10.3. The van der Waals surface area contributed by atoms with E-state index in [9.17, 15) is 4.79 Å². The number of pyridine rings is 1. The van der Waals surface area contributed by atoms with Crippen molar-refractivity contribution in [2.24, 2.45) is 0 Å². The van der Waals surface area contributed by atoms with Crippen LogP contribution in [0.15, 0.2) is 30.6 Å². The van der Waals surface area contributed by atoms with E-state index in [1.165, 1.54) is 6.20 Å². The van der Waals surface area contributed by atoms with E-state index in [2.05, 4.69) is 12.0 Å². The highest BCUT2D eigenvalue weighted by molar-refractivity contribution is 5.96. The summed E-state index contributed by atoms with van der Waals surface area (Å²) in [7, 11) is 0. The van der Waals surface area contributed by atoms with Crippen molar-refractivity contribution in [3.8, 4) is 0 Å². The maximum atomic E-state index is 11.9. The zero-order valence-electron chi connectivity index (χ0n) is 11.0. The minimum atomic E-state index is -0.361. The number of hydrogen-bond acceptors (Lipinski definition) is 4. The molecule has 2 aromatic rings. The van der Waals surface area contributed by atoms with E-state index >= 15 is 0 Å². The van der Waals surface area contributed by atoms with E-state index in [4.69, 9.17) is 9.47 Å². The largest absolute Gasteiger partial charge is 0.460 e. The molecule has 0 bridgehead atoms. The summed E-state index contributed by atoms with van der Waals surface area (Å²) in [6, 6.07) is 5.56. The van der Waals surface area contributed by atoms with Crippen LogP contribution in [-0.4, -0.2) is 35.4 Å². The number of carbonyl (C=O) groups is 1. The van der Waals surface area contributed by atoms with Crippen molar-refractivity contribution in [1.82, 2.24) is 9.61 Å². The molecule has 0 radical (unpaired) electrons. The van der Waals surface area contributed by atoms with Crippen LogP contribution in [0.1, 0.15) is 30.1 Å². The van der Waals surface area contributed by atoms with Gasteiger partial charge < -0.3 is 9.47 Å². The fraction of sp³-hybridized carbons (Fsp3) is 0.429. The summed E-state index contributed by atoms with van der Waals surface area (Å²) in [6.45, 7) is 3.52. The molecule has 0 N–H and O–H groups in total. The van der Waals surface area contributed by atoms with E-state index in [0.717, 1.165) is 18.4 Å². The Morgan fingerprint density at radius 2 is 2.21 bits per heavy atom. The Morgan fingerprint density at radius 1 is 1.32 bits per heavy atom. The van der Waals surface area contributed by atoms with E-state index in [1.807, 2.05) is 18.2 Å². The van der Waals surface area contributed by atoms with Crippen LogP contribution < -0.4 is 0 Å². The van der Waals surface area contributed by atoms with E-state index in [0.29, 0.717) is 18.8 Å². The number of hydrogen-bond donors (Lipinski definition) is 0. The van der Waals surface area contributed by atoms with Gasteiger partial charge in [0, 0.05) is 12.8 Å². The Balaban J connectivity index is 1.83. The van der Waals surface area contributed by atoms with E-state index < -0.39 is 0 Å². The lowest BCUT2D eigenvalue weighted by Crippen LogP contribution is -2.11. The fourth-order valence-corrected chi connectivity index (χ4v) is 1.71. The van der Waals surface area contributed by atoms with Gasteiger partial charge >= 0.3 is 5.97 Å². The molecule has 0 aliphatic heterocycles. The first-order valence-corrected chi connectivity index (χ1v) is 6.50. The van der Waals surface area contributed by atoms with Gasteiger partial charge in [0.15, 0.2) is 0 Å². The number of rotatable bonds is 7. The molecule has 0 amide bonds. The highest BCUT2D eigenvalue weighted by Crippen LogP contribution is 2.10. The predicted molar refractivity (Wildman–Crippen MR) is 71.2 cm³/mol. The van der Waals surface area contributed by atoms with Crippen molar-refractivity contribution in [3.63, 3.8) is 0 Å². The standard InChI is InChI=1S/C14H18N2O3/c1-2-3-8-18-9-10-19-14(17)12-11-15-16-7-5-4-6-13(12)16/h4-7,11H,2-3,8-10H2,1H3. The van der Waals surface area contributed by atoms with Crippen molar-refractivity contribution in [2.45, 2.75) is 19.8 Å². The van der Waals surface area contributed by atoms with Crippen LogP contribution in [0.5, 0.6) is 0 Å². The third-order valence-electron chi connectivity index (χ3n) is 2.75. The third kappa shape index (κ3) is 3.54. The molecule has 5 heteroatoms. The number of unbranched alkanes of at least 4 members (excludes halogenated alkanes) is 1. The van der Waals surface area contributed by atoms with Crippen LogP contribution in [0.4, 0.5) is 0 Å². The average molecular weight is 262 g/mol. The van der Waals surface area contributed by atoms with Gasteiger partial charge in [0.25, 0.3) is 0 Å². The molecule has 102 valence electrons. The van der Waals surface area contributed by atoms with E-state index in [-0.39, 0.29) is 12.6 Å². The lowest BCUT2D eigenvalue weighted by molar-refractivity contribution is 0.0315. The van der Waals surface area contributed by atoms with Crippen molar-refractivity contribution >= 4 is 11.5 Å². The molecule has 0 unspecified atom stereocenters. The molecular formula is C14H18N2O3. The fourth-order valence-electron chi connectivity index (χ4n) is 1.71. The number of aromatic nitrogens is 2. The second-order valence-corrected chi connectivity index (χ2v) is 4.19. The molecule has 0 aliphatic rings. The van der Waals surface area contributed by atoms with Crippen molar-refractivity contribution in [3.05, 3.63) is 36.2 Å². The first-order chi connectivity index (χ1) is 9.33. The summed E-state index contributed by atoms with van der Waals surface area (Å²) in [6.07, 6.45) is 5.44. The zero-order chi connectivity index (χ0) is 13.5. The highest BCUT2D eigenvalue weighted by atomic mass is 16.6. The molecule has 0 saturated carbocycles. The number of carbonyl (C=O) groups excluding carboxylic acids is 1. The summed E-state index contributed by atoms with van der Waals surface area (Å²) < 4.78 is 12.1. The van der Waals surface area contributed by atoms with Gasteiger partial charge in [-0.05, 0) is 18.6 Å². The summed E-state index contributed by atoms with van der Waals surface area (Å²) >= 11 is 0. The van der Waals surface area contributed by atoms with Crippen LogP contribution in [0.3, 0.4) is 0 Å². The van der Waals surface area contributed by atoms with Crippen LogP contribution >= 0.6 is 0 Å². The van der Waals surface area contributed by atoms with Gasteiger partial charge in [0.1, 0.15) is 12.2 Å². The number of ether oxygens (including phenoxy) is 2. The predicted octanol–water partition coefficient (Wildman–Crippen LogP) is 2.31. The molecular weight excluding hydrogens is 244 g/mol. The zero-order valence-corrected chi connectivity index (χ0v) is 11.0. The summed E-state index contributed by atoms with van der Waals surface area (Å²) in [5.74, 6) is -0.361. The first kappa shape index (κ1) is 13.5. The van der Waals surface area contributed by atoms with Crippen LogP contribution in [-0.2, 0) is 9.47 Å². The molecule has 0 aliphatic carbocycles. The molecule has 5 nitrogen and oxygen atoms in total. The third-order valence-corrected chi connectivity index (χ3v) is 2.75. The molecule has 0 aromatic carbocycles. The molecule has 0 fully saturated rings. The maximum Gasteiger partial charge on any atom is 0.342 e. The SMILES string of the molecule is CCCCOCCOC(=O)c1cnn2ccccc12. The average Bonchev–Trinajstić information content (AvgIpc) is 2.86. The van der Waals surface area contributed by atoms with Crippen LogP contribution in [0, 0.1) is 0 Å². The molecule has 0 atom stereocenters.